The predicted octanol–water partition coefficient (Wildman–Crippen LogP) is 1.50. The number of esters is 1. The van der Waals surface area contributed by atoms with Crippen LogP contribution in [0.1, 0.15) is 12.0 Å². The van der Waals surface area contributed by atoms with Crippen molar-refractivity contribution in [3.8, 4) is 0 Å². The third kappa shape index (κ3) is 4.80. The molecule has 6 nitrogen and oxygen atoms in total. The van der Waals surface area contributed by atoms with Crippen molar-refractivity contribution in [1.29, 1.82) is 0 Å². The molecule has 0 radical (unpaired) electrons. The van der Waals surface area contributed by atoms with Crippen LogP contribution < -0.4 is 0 Å². The van der Waals surface area contributed by atoms with Crippen LogP contribution >= 0.6 is 11.6 Å². The summed E-state index contributed by atoms with van der Waals surface area (Å²) in [5.74, 6) is -3.41. The number of nitrogens with zero attached hydrogens (tertiary/aromatic N) is 1. The van der Waals surface area contributed by atoms with Crippen molar-refractivity contribution in [2.75, 3.05) is 14.2 Å². The van der Waals surface area contributed by atoms with Gasteiger partial charge < -0.3 is 4.74 Å². The summed E-state index contributed by atoms with van der Waals surface area (Å²) in [5, 5.41) is 0.770. The molecule has 1 rings (SSSR count). The standard InChI is InChI=1S/C13H13ClFNO5/c1-20-13(19)11(17)6-12(18)16(21-2)7-8-3-4-10(15)9(14)5-8/h3-5H,6-7H2,1-2H3. The lowest BCUT2D eigenvalue weighted by Crippen LogP contribution is -2.33. The Morgan fingerprint density at radius 2 is 1.95 bits per heavy atom. The minimum atomic E-state index is -1.11. The molecule has 0 fully saturated rings. The molecular formula is C13H13ClFNO5. The molecule has 0 spiro atoms. The summed E-state index contributed by atoms with van der Waals surface area (Å²) in [4.78, 5) is 38.9. The normalized spacial score (nSPS) is 10.1. The fraction of sp³-hybridized carbons (Fsp3) is 0.308. The largest absolute Gasteiger partial charge is 0.463 e. The number of halogens is 2. The van der Waals surface area contributed by atoms with Gasteiger partial charge in [0.1, 0.15) is 5.82 Å². The number of amides is 1. The number of carbonyl (C=O) groups is 3. The van der Waals surface area contributed by atoms with Gasteiger partial charge in [0, 0.05) is 0 Å². The molecule has 0 atom stereocenters. The quantitative estimate of drug-likeness (QED) is 0.344. The molecule has 1 aromatic carbocycles. The van der Waals surface area contributed by atoms with Crippen molar-refractivity contribution in [2.45, 2.75) is 13.0 Å². The van der Waals surface area contributed by atoms with Crippen LogP contribution in [0.2, 0.25) is 5.02 Å². The fourth-order valence-electron chi connectivity index (χ4n) is 1.47. The average molecular weight is 318 g/mol. The van der Waals surface area contributed by atoms with E-state index in [0.29, 0.717) is 5.56 Å². The number of hydroxylamine groups is 2. The second-order valence-corrected chi connectivity index (χ2v) is 4.36. The lowest BCUT2D eigenvalue weighted by molar-refractivity contribution is -0.180. The monoisotopic (exact) mass is 317 g/mol. The summed E-state index contributed by atoms with van der Waals surface area (Å²) in [6.07, 6.45) is -0.685. The van der Waals surface area contributed by atoms with E-state index in [1.807, 2.05) is 0 Å². The lowest BCUT2D eigenvalue weighted by atomic mass is 10.2. The van der Waals surface area contributed by atoms with Crippen LogP contribution in [0.15, 0.2) is 18.2 Å². The number of benzene rings is 1. The molecule has 0 aliphatic rings. The van der Waals surface area contributed by atoms with E-state index in [-0.39, 0.29) is 11.6 Å². The zero-order valence-electron chi connectivity index (χ0n) is 11.4. The number of hydrogen-bond acceptors (Lipinski definition) is 5. The van der Waals surface area contributed by atoms with Crippen LogP contribution in [0.5, 0.6) is 0 Å². The van der Waals surface area contributed by atoms with Crippen LogP contribution in [0.25, 0.3) is 0 Å². The molecule has 21 heavy (non-hydrogen) atoms. The average Bonchev–Trinajstić information content (AvgIpc) is 2.47. The number of ether oxygens (including phenoxy) is 1. The Hall–Kier alpha value is -1.99. The van der Waals surface area contributed by atoms with Crippen molar-refractivity contribution in [1.82, 2.24) is 5.06 Å². The summed E-state index contributed by atoms with van der Waals surface area (Å²) >= 11 is 5.63. The van der Waals surface area contributed by atoms with Gasteiger partial charge in [-0.2, -0.15) is 0 Å². The van der Waals surface area contributed by atoms with Crippen LogP contribution in [0, 0.1) is 5.82 Å². The number of Topliss-reactive ketones (excluding diaryl/α,β-unsaturated/α-hetero) is 1. The first-order chi connectivity index (χ1) is 9.88. The second-order valence-electron chi connectivity index (χ2n) is 3.95. The topological polar surface area (TPSA) is 72.9 Å². The van der Waals surface area contributed by atoms with Gasteiger partial charge in [0.2, 0.25) is 5.78 Å². The van der Waals surface area contributed by atoms with E-state index < -0.39 is 29.9 Å². The highest BCUT2D eigenvalue weighted by atomic mass is 35.5. The van der Waals surface area contributed by atoms with Crippen LogP contribution in [0.3, 0.4) is 0 Å². The Balaban J connectivity index is 2.73. The summed E-state index contributed by atoms with van der Waals surface area (Å²) in [6.45, 7) is -0.0518. The van der Waals surface area contributed by atoms with Crippen molar-refractivity contribution < 1.29 is 28.3 Å². The Labute approximate surface area is 125 Å². The van der Waals surface area contributed by atoms with Crippen molar-refractivity contribution in [3.05, 3.63) is 34.6 Å². The molecule has 0 bridgehead atoms. The SMILES string of the molecule is COC(=O)C(=O)CC(=O)N(Cc1ccc(F)c(Cl)c1)OC. The maximum atomic E-state index is 13.0. The highest BCUT2D eigenvalue weighted by molar-refractivity contribution is 6.36. The Morgan fingerprint density at radius 1 is 1.29 bits per heavy atom. The molecule has 0 saturated heterocycles. The maximum absolute atomic E-state index is 13.0. The van der Waals surface area contributed by atoms with Gasteiger partial charge in [-0.3, -0.25) is 14.4 Å². The summed E-state index contributed by atoms with van der Waals surface area (Å²) < 4.78 is 17.3. The summed E-state index contributed by atoms with van der Waals surface area (Å²) in [7, 11) is 2.27. The second kappa shape index (κ2) is 7.70. The third-order valence-corrected chi connectivity index (χ3v) is 2.82. The highest BCUT2D eigenvalue weighted by Gasteiger charge is 2.23. The molecular weight excluding hydrogens is 305 g/mol. The minimum absolute atomic E-state index is 0.0518. The number of carbonyl (C=O) groups excluding carboxylic acids is 3. The van der Waals surface area contributed by atoms with Gasteiger partial charge >= 0.3 is 5.97 Å². The predicted molar refractivity (Wildman–Crippen MR) is 70.6 cm³/mol. The third-order valence-electron chi connectivity index (χ3n) is 2.53. The van der Waals surface area contributed by atoms with E-state index in [1.165, 1.54) is 19.2 Å². The molecule has 1 aromatic rings. The number of rotatable bonds is 6. The molecule has 0 saturated carbocycles. The van der Waals surface area contributed by atoms with Crippen molar-refractivity contribution in [2.24, 2.45) is 0 Å². The zero-order valence-corrected chi connectivity index (χ0v) is 12.1. The van der Waals surface area contributed by atoms with Gasteiger partial charge in [0.15, 0.2) is 0 Å². The summed E-state index contributed by atoms with van der Waals surface area (Å²) in [5.41, 5.74) is 0.502. The Bertz CT molecular complexity index is 563. The van der Waals surface area contributed by atoms with E-state index in [1.54, 1.807) is 0 Å². The van der Waals surface area contributed by atoms with Crippen LogP contribution in [-0.2, 0) is 30.5 Å². The Kier molecular flexibility index (Phi) is 6.26. The molecule has 0 heterocycles. The van der Waals surface area contributed by atoms with E-state index in [0.717, 1.165) is 18.2 Å². The summed E-state index contributed by atoms with van der Waals surface area (Å²) in [6, 6.07) is 3.90. The number of ketones is 1. The van der Waals surface area contributed by atoms with E-state index in [2.05, 4.69) is 4.74 Å². The molecule has 0 N–H and O–H groups in total. The zero-order chi connectivity index (χ0) is 16.0. The van der Waals surface area contributed by atoms with Gasteiger partial charge in [-0.05, 0) is 17.7 Å². The van der Waals surface area contributed by atoms with Gasteiger partial charge in [0.05, 0.1) is 32.2 Å². The van der Waals surface area contributed by atoms with Gasteiger partial charge in [-0.1, -0.05) is 17.7 Å². The van der Waals surface area contributed by atoms with Crippen LogP contribution in [-0.4, -0.2) is 36.9 Å². The molecule has 0 unspecified atom stereocenters. The lowest BCUT2D eigenvalue weighted by Gasteiger charge is -2.19. The Morgan fingerprint density at radius 3 is 2.48 bits per heavy atom. The molecule has 0 aromatic heterocycles. The molecule has 1 amide bonds. The first-order valence-corrected chi connectivity index (χ1v) is 6.16. The van der Waals surface area contributed by atoms with Crippen LogP contribution in [0.4, 0.5) is 4.39 Å². The first kappa shape index (κ1) is 17.1. The molecule has 0 aliphatic carbocycles. The molecule has 114 valence electrons. The fourth-order valence-corrected chi connectivity index (χ4v) is 1.67. The van der Waals surface area contributed by atoms with Gasteiger partial charge in [-0.25, -0.2) is 14.2 Å². The van der Waals surface area contributed by atoms with Gasteiger partial charge in [-0.15, -0.1) is 0 Å². The van der Waals surface area contributed by atoms with E-state index in [9.17, 15) is 18.8 Å². The van der Waals surface area contributed by atoms with Crippen molar-refractivity contribution >= 4 is 29.3 Å². The number of methoxy groups -OCH3 is 1. The number of hydrogen-bond donors (Lipinski definition) is 0. The first-order valence-electron chi connectivity index (χ1n) is 5.78. The van der Waals surface area contributed by atoms with Gasteiger partial charge in [0.25, 0.3) is 5.91 Å². The van der Waals surface area contributed by atoms with E-state index >= 15 is 0 Å². The highest BCUT2D eigenvalue weighted by Crippen LogP contribution is 2.17. The van der Waals surface area contributed by atoms with E-state index in [4.69, 9.17) is 16.4 Å². The van der Waals surface area contributed by atoms with Crippen molar-refractivity contribution in [3.63, 3.8) is 0 Å². The smallest absolute Gasteiger partial charge is 0.374 e. The molecule has 8 heteroatoms. The maximum Gasteiger partial charge on any atom is 0.374 e. The molecule has 0 aliphatic heterocycles. The minimum Gasteiger partial charge on any atom is -0.463 e.